The van der Waals surface area contributed by atoms with Crippen molar-refractivity contribution in [2.75, 3.05) is 20.6 Å². The minimum absolute atomic E-state index is 0.177. The molecule has 1 fully saturated rings. The van der Waals surface area contributed by atoms with Crippen LogP contribution in [0.2, 0.25) is 0 Å². The standard InChI is InChI=1S/C27H41NO2/c1-20-9-8-11-21(15-20)17-24(29)12-13-25-26-18-22(16-23(26)19-27(25)30)10-6-4-5-7-14-28(2)3/h8-9,11-13,15-16,23-27,29-30H,4-7,10,14,17-19H2,1-3H3/b13-12+/t23-,24-,25+,26-,27+/m0/s1. The molecule has 1 aromatic rings. The highest BCUT2D eigenvalue weighted by Crippen LogP contribution is 2.48. The van der Waals surface area contributed by atoms with Gasteiger partial charge in [-0.15, -0.1) is 0 Å². The maximum absolute atomic E-state index is 10.6. The van der Waals surface area contributed by atoms with Gasteiger partial charge in [0.25, 0.3) is 0 Å². The van der Waals surface area contributed by atoms with Crippen molar-refractivity contribution < 1.29 is 10.2 Å². The molecule has 0 radical (unpaired) electrons. The lowest BCUT2D eigenvalue weighted by Gasteiger charge is -2.19. The van der Waals surface area contributed by atoms with Crippen LogP contribution in [0.4, 0.5) is 0 Å². The van der Waals surface area contributed by atoms with E-state index in [1.165, 1.54) is 44.2 Å². The fraction of sp³-hybridized carbons (Fsp3) is 0.630. The van der Waals surface area contributed by atoms with Crippen LogP contribution in [-0.2, 0) is 6.42 Å². The van der Waals surface area contributed by atoms with Gasteiger partial charge in [-0.2, -0.15) is 0 Å². The van der Waals surface area contributed by atoms with Crippen molar-refractivity contribution in [3.8, 4) is 0 Å². The topological polar surface area (TPSA) is 43.7 Å². The first-order valence-electron chi connectivity index (χ1n) is 11.9. The molecule has 2 N–H and O–H groups in total. The smallest absolute Gasteiger partial charge is 0.0761 e. The molecule has 0 heterocycles. The Morgan fingerprint density at radius 2 is 1.97 bits per heavy atom. The van der Waals surface area contributed by atoms with E-state index < -0.39 is 6.10 Å². The summed E-state index contributed by atoms with van der Waals surface area (Å²) in [4.78, 5) is 2.26. The van der Waals surface area contributed by atoms with Gasteiger partial charge >= 0.3 is 0 Å². The summed E-state index contributed by atoms with van der Waals surface area (Å²) in [6.45, 7) is 3.27. The Morgan fingerprint density at radius 1 is 1.17 bits per heavy atom. The van der Waals surface area contributed by atoms with Crippen molar-refractivity contribution in [3.05, 3.63) is 59.2 Å². The van der Waals surface area contributed by atoms with Gasteiger partial charge in [0.1, 0.15) is 0 Å². The normalized spacial score (nSPS) is 27.1. The molecule has 30 heavy (non-hydrogen) atoms. The molecule has 0 unspecified atom stereocenters. The maximum atomic E-state index is 10.6. The number of rotatable bonds is 11. The molecule has 3 rings (SSSR count). The zero-order valence-corrected chi connectivity index (χ0v) is 19.1. The van der Waals surface area contributed by atoms with Gasteiger partial charge in [0.15, 0.2) is 0 Å². The summed E-state index contributed by atoms with van der Waals surface area (Å²) in [5.41, 5.74) is 3.98. The summed E-state index contributed by atoms with van der Waals surface area (Å²) in [7, 11) is 4.28. The lowest BCUT2D eigenvalue weighted by molar-refractivity contribution is 0.140. The van der Waals surface area contributed by atoms with Crippen molar-refractivity contribution in [1.82, 2.24) is 4.90 Å². The largest absolute Gasteiger partial charge is 0.392 e. The lowest BCUT2D eigenvalue weighted by atomic mass is 9.88. The number of benzene rings is 1. The number of allylic oxidation sites excluding steroid dienone is 2. The summed E-state index contributed by atoms with van der Waals surface area (Å²) in [5, 5.41) is 21.0. The van der Waals surface area contributed by atoms with Crippen LogP contribution in [0.15, 0.2) is 48.1 Å². The summed E-state index contributed by atoms with van der Waals surface area (Å²) in [5.74, 6) is 1.22. The number of hydrogen-bond donors (Lipinski definition) is 2. The molecule has 0 amide bonds. The average molecular weight is 412 g/mol. The monoisotopic (exact) mass is 411 g/mol. The molecule has 166 valence electrons. The summed E-state index contributed by atoms with van der Waals surface area (Å²) in [6, 6.07) is 8.32. The maximum Gasteiger partial charge on any atom is 0.0761 e. The van der Waals surface area contributed by atoms with Gasteiger partial charge in [-0.1, -0.05) is 66.5 Å². The summed E-state index contributed by atoms with van der Waals surface area (Å²) >= 11 is 0. The van der Waals surface area contributed by atoms with Gasteiger partial charge < -0.3 is 15.1 Å². The van der Waals surface area contributed by atoms with Crippen LogP contribution < -0.4 is 0 Å². The Labute approximate surface area is 183 Å². The molecular formula is C27H41NO2. The zero-order chi connectivity index (χ0) is 21.5. The molecule has 1 saturated carbocycles. The van der Waals surface area contributed by atoms with Gasteiger partial charge in [0, 0.05) is 12.3 Å². The van der Waals surface area contributed by atoms with E-state index in [0.29, 0.717) is 18.3 Å². The Balaban J connectivity index is 1.44. The Morgan fingerprint density at radius 3 is 2.73 bits per heavy atom. The number of aryl methyl sites for hydroxylation is 1. The number of unbranched alkanes of at least 4 members (excludes halogenated alkanes) is 3. The summed E-state index contributed by atoms with van der Waals surface area (Å²) < 4.78 is 0. The molecule has 5 atom stereocenters. The second kappa shape index (κ2) is 11.3. The molecule has 0 aromatic heterocycles. The van der Waals surface area contributed by atoms with E-state index >= 15 is 0 Å². The van der Waals surface area contributed by atoms with Gasteiger partial charge in [0.05, 0.1) is 12.2 Å². The molecule has 2 aliphatic rings. The number of aliphatic hydroxyl groups excluding tert-OH is 2. The average Bonchev–Trinajstić information content (AvgIpc) is 3.19. The van der Waals surface area contributed by atoms with Crippen molar-refractivity contribution in [1.29, 1.82) is 0 Å². The SMILES string of the molecule is Cc1cccc(C[C@@H](O)/C=C/[C@@H]2[C@H]3CC(CCCCCCN(C)C)=C[C@H]3C[C@H]2O)c1. The molecule has 0 saturated heterocycles. The van der Waals surface area contributed by atoms with E-state index in [1.54, 1.807) is 5.57 Å². The third-order valence-electron chi connectivity index (χ3n) is 6.89. The molecule has 0 aliphatic heterocycles. The highest BCUT2D eigenvalue weighted by atomic mass is 16.3. The molecule has 1 aromatic carbocycles. The van der Waals surface area contributed by atoms with Gasteiger partial charge in [-0.25, -0.2) is 0 Å². The van der Waals surface area contributed by atoms with Crippen molar-refractivity contribution in [3.63, 3.8) is 0 Å². The van der Waals surface area contributed by atoms with E-state index in [9.17, 15) is 10.2 Å². The molecular weight excluding hydrogens is 370 g/mol. The van der Waals surface area contributed by atoms with Crippen LogP contribution in [0.1, 0.15) is 56.1 Å². The van der Waals surface area contributed by atoms with Crippen LogP contribution in [-0.4, -0.2) is 48.0 Å². The highest BCUT2D eigenvalue weighted by molar-refractivity contribution is 5.24. The Kier molecular flexibility index (Phi) is 8.73. The summed E-state index contributed by atoms with van der Waals surface area (Å²) in [6.07, 6.45) is 14.8. The Hall–Kier alpha value is -1.42. The van der Waals surface area contributed by atoms with Crippen LogP contribution in [0.3, 0.4) is 0 Å². The fourth-order valence-corrected chi connectivity index (χ4v) is 5.33. The van der Waals surface area contributed by atoms with Gasteiger partial charge in [-0.3, -0.25) is 0 Å². The number of aliphatic hydroxyl groups is 2. The van der Waals surface area contributed by atoms with Crippen LogP contribution in [0, 0.1) is 24.7 Å². The van der Waals surface area contributed by atoms with Gasteiger partial charge in [-0.05, 0) is 77.1 Å². The van der Waals surface area contributed by atoms with Gasteiger partial charge in [0.2, 0.25) is 0 Å². The van der Waals surface area contributed by atoms with Crippen LogP contribution in [0.25, 0.3) is 0 Å². The lowest BCUT2D eigenvalue weighted by Crippen LogP contribution is -2.18. The number of nitrogens with zero attached hydrogens (tertiary/aromatic N) is 1. The van der Waals surface area contributed by atoms with Crippen LogP contribution >= 0.6 is 0 Å². The Bertz CT molecular complexity index is 723. The predicted molar refractivity (Wildman–Crippen MR) is 125 cm³/mol. The molecule has 3 nitrogen and oxygen atoms in total. The quantitative estimate of drug-likeness (QED) is 0.402. The third kappa shape index (κ3) is 6.80. The minimum Gasteiger partial charge on any atom is -0.392 e. The van der Waals surface area contributed by atoms with E-state index in [0.717, 1.165) is 18.4 Å². The predicted octanol–water partition coefficient (Wildman–Crippen LogP) is 4.91. The first-order chi connectivity index (χ1) is 14.4. The molecule has 0 spiro atoms. The van der Waals surface area contributed by atoms with E-state index in [1.807, 2.05) is 12.1 Å². The van der Waals surface area contributed by atoms with E-state index in [2.05, 4.69) is 56.3 Å². The van der Waals surface area contributed by atoms with E-state index in [-0.39, 0.29) is 12.0 Å². The van der Waals surface area contributed by atoms with Crippen LogP contribution in [0.5, 0.6) is 0 Å². The first kappa shape index (κ1) is 23.2. The zero-order valence-electron chi connectivity index (χ0n) is 19.1. The van der Waals surface area contributed by atoms with Crippen molar-refractivity contribution in [2.24, 2.45) is 17.8 Å². The molecule has 0 bridgehead atoms. The number of hydrogen-bond acceptors (Lipinski definition) is 3. The van der Waals surface area contributed by atoms with Crippen molar-refractivity contribution in [2.45, 2.75) is 70.5 Å². The highest BCUT2D eigenvalue weighted by Gasteiger charge is 2.43. The minimum atomic E-state index is -0.492. The molecule has 2 aliphatic carbocycles. The third-order valence-corrected chi connectivity index (χ3v) is 6.89. The van der Waals surface area contributed by atoms with E-state index in [4.69, 9.17) is 0 Å². The molecule has 3 heteroatoms. The number of fused-ring (bicyclic) bond motifs is 1. The second-order valence-corrected chi connectivity index (χ2v) is 9.85. The van der Waals surface area contributed by atoms with Crippen molar-refractivity contribution >= 4 is 0 Å². The fourth-order valence-electron chi connectivity index (χ4n) is 5.33. The first-order valence-corrected chi connectivity index (χ1v) is 11.9. The second-order valence-electron chi connectivity index (χ2n) is 9.85.